The first-order valence-corrected chi connectivity index (χ1v) is 5.03. The van der Waals surface area contributed by atoms with Crippen molar-refractivity contribution in [2.24, 2.45) is 21.7 Å². The molecule has 0 saturated carbocycles. The third-order valence-corrected chi connectivity index (χ3v) is 2.36. The van der Waals surface area contributed by atoms with E-state index in [4.69, 9.17) is 11.6 Å². The Labute approximate surface area is 87.1 Å². The van der Waals surface area contributed by atoms with Crippen molar-refractivity contribution >= 4 is 23.3 Å². The lowest BCUT2D eigenvalue weighted by Gasteiger charge is -1.99. The van der Waals surface area contributed by atoms with Crippen molar-refractivity contribution in [2.75, 3.05) is 0 Å². The molecule has 0 spiro atoms. The fourth-order valence-electron chi connectivity index (χ4n) is 0.859. The Hall–Kier alpha value is -1.49. The maximum absolute atomic E-state index is 5.57. The number of aliphatic imine (C=N–C) groups is 1. The summed E-state index contributed by atoms with van der Waals surface area (Å²) < 4.78 is 0. The molecule has 4 nitrogen and oxygen atoms in total. The van der Waals surface area contributed by atoms with Gasteiger partial charge in [0.2, 0.25) is 0 Å². The molecule has 0 aliphatic rings. The molecule has 14 heavy (non-hydrogen) atoms. The van der Waals surface area contributed by atoms with Gasteiger partial charge in [-0.05, 0) is 5.56 Å². The zero-order valence-corrected chi connectivity index (χ0v) is 8.45. The van der Waals surface area contributed by atoms with Crippen LogP contribution in [0.25, 0.3) is 0 Å². The van der Waals surface area contributed by atoms with Crippen LogP contribution in [0.3, 0.4) is 0 Å². The van der Waals surface area contributed by atoms with Crippen LogP contribution in [-0.2, 0) is 5.75 Å². The van der Waals surface area contributed by atoms with Crippen LogP contribution in [0.2, 0.25) is 0 Å². The predicted molar refractivity (Wildman–Crippen MR) is 62.0 cm³/mol. The van der Waals surface area contributed by atoms with Gasteiger partial charge in [0.1, 0.15) is 6.34 Å². The number of hydrogen-bond donors (Lipinski definition) is 2. The molecule has 0 heterocycles. The second-order valence-corrected chi connectivity index (χ2v) is 3.50. The van der Waals surface area contributed by atoms with Crippen molar-refractivity contribution in [1.82, 2.24) is 0 Å². The van der Waals surface area contributed by atoms with Gasteiger partial charge in [-0.25, -0.2) is 4.99 Å². The van der Waals surface area contributed by atoms with Gasteiger partial charge in [-0.15, -0.1) is 0 Å². The van der Waals surface area contributed by atoms with Gasteiger partial charge in [0.25, 0.3) is 0 Å². The van der Waals surface area contributed by atoms with Crippen LogP contribution < -0.4 is 11.6 Å². The number of amidine groups is 1. The topological polar surface area (TPSA) is 76.8 Å². The van der Waals surface area contributed by atoms with Gasteiger partial charge in [-0.2, -0.15) is 5.10 Å². The maximum Gasteiger partial charge on any atom is 0.160 e. The maximum atomic E-state index is 5.57. The molecule has 0 aliphatic carbocycles. The lowest BCUT2D eigenvalue weighted by Crippen LogP contribution is -2.07. The van der Waals surface area contributed by atoms with Crippen LogP contribution in [0.4, 0.5) is 0 Å². The molecule has 0 radical (unpaired) electrons. The van der Waals surface area contributed by atoms with Crippen LogP contribution >= 0.6 is 11.8 Å². The summed E-state index contributed by atoms with van der Waals surface area (Å²) in [7, 11) is 0. The Kier molecular flexibility index (Phi) is 4.57. The fourth-order valence-corrected chi connectivity index (χ4v) is 1.49. The first-order chi connectivity index (χ1) is 6.83. The molecule has 0 aliphatic heterocycles. The Balaban J connectivity index is 2.41. The quantitative estimate of drug-likeness (QED) is 0.338. The standard InChI is InChI=1S/C9H12N4S/c10-9(12-7-13-11)14-6-8-4-2-1-3-5-8/h1-5,7H,6,11H2,(H2,10,12,13). The smallest absolute Gasteiger partial charge is 0.160 e. The van der Waals surface area contributed by atoms with Crippen molar-refractivity contribution in [2.45, 2.75) is 5.75 Å². The number of nitrogens with two attached hydrogens (primary N) is 2. The lowest BCUT2D eigenvalue weighted by atomic mass is 10.2. The van der Waals surface area contributed by atoms with Crippen LogP contribution in [0.5, 0.6) is 0 Å². The van der Waals surface area contributed by atoms with Crippen LogP contribution in [0, 0.1) is 0 Å². The van der Waals surface area contributed by atoms with Gasteiger partial charge in [-0.3, -0.25) is 0 Å². The molecule has 1 aromatic carbocycles. The van der Waals surface area contributed by atoms with E-state index in [1.165, 1.54) is 23.7 Å². The molecule has 0 atom stereocenters. The summed E-state index contributed by atoms with van der Waals surface area (Å²) in [5.41, 5.74) is 6.78. The van der Waals surface area contributed by atoms with E-state index in [9.17, 15) is 0 Å². The first kappa shape index (κ1) is 10.6. The second kappa shape index (κ2) is 6.04. The van der Waals surface area contributed by atoms with E-state index in [1.807, 2.05) is 30.3 Å². The zero-order chi connectivity index (χ0) is 10.2. The Morgan fingerprint density at radius 3 is 2.71 bits per heavy atom. The van der Waals surface area contributed by atoms with Crippen molar-refractivity contribution in [3.05, 3.63) is 35.9 Å². The van der Waals surface area contributed by atoms with Crippen LogP contribution in [0.1, 0.15) is 5.56 Å². The third-order valence-electron chi connectivity index (χ3n) is 1.48. The molecule has 0 unspecified atom stereocenters. The molecule has 4 N–H and O–H groups in total. The van der Waals surface area contributed by atoms with E-state index in [2.05, 4.69) is 10.1 Å². The number of nitrogens with zero attached hydrogens (tertiary/aromatic N) is 2. The average molecular weight is 208 g/mol. The average Bonchev–Trinajstić information content (AvgIpc) is 2.25. The number of rotatable bonds is 3. The summed E-state index contributed by atoms with van der Waals surface area (Å²) in [4.78, 5) is 3.80. The largest absolute Gasteiger partial charge is 0.378 e. The molecule has 1 aromatic rings. The van der Waals surface area contributed by atoms with E-state index in [0.717, 1.165) is 5.75 Å². The minimum absolute atomic E-state index is 0.461. The lowest BCUT2D eigenvalue weighted by molar-refractivity contribution is 1.25. The monoisotopic (exact) mass is 208 g/mol. The molecule has 5 heteroatoms. The SMILES string of the molecule is N/N=C/N=C(N)SCc1ccccc1. The van der Waals surface area contributed by atoms with Crippen molar-refractivity contribution in [3.8, 4) is 0 Å². The molecule has 0 amide bonds. The minimum Gasteiger partial charge on any atom is -0.378 e. The summed E-state index contributed by atoms with van der Waals surface area (Å²) >= 11 is 1.45. The first-order valence-electron chi connectivity index (χ1n) is 4.04. The van der Waals surface area contributed by atoms with Gasteiger partial charge in [0.15, 0.2) is 5.17 Å². The van der Waals surface area contributed by atoms with Gasteiger partial charge < -0.3 is 11.6 Å². The highest BCUT2D eigenvalue weighted by Crippen LogP contribution is 2.10. The van der Waals surface area contributed by atoms with E-state index < -0.39 is 0 Å². The van der Waals surface area contributed by atoms with Crippen molar-refractivity contribution in [3.63, 3.8) is 0 Å². The van der Waals surface area contributed by atoms with Gasteiger partial charge in [0.05, 0.1) is 0 Å². The summed E-state index contributed by atoms with van der Waals surface area (Å²) in [6.45, 7) is 0. The van der Waals surface area contributed by atoms with Crippen LogP contribution in [0.15, 0.2) is 40.4 Å². The number of hydrogen-bond acceptors (Lipinski definition) is 3. The van der Waals surface area contributed by atoms with Crippen molar-refractivity contribution < 1.29 is 0 Å². The molecule has 1 rings (SSSR count). The summed E-state index contributed by atoms with van der Waals surface area (Å²) in [6.07, 6.45) is 1.23. The molecule has 0 fully saturated rings. The Morgan fingerprint density at radius 1 is 1.36 bits per heavy atom. The molecule has 0 bridgehead atoms. The number of hydrazone groups is 1. The fraction of sp³-hybridized carbons (Fsp3) is 0.111. The molecular weight excluding hydrogens is 196 g/mol. The van der Waals surface area contributed by atoms with Gasteiger partial charge >= 0.3 is 0 Å². The van der Waals surface area contributed by atoms with E-state index in [0.29, 0.717) is 5.17 Å². The highest BCUT2D eigenvalue weighted by molar-refractivity contribution is 8.13. The molecule has 0 aromatic heterocycles. The summed E-state index contributed by atoms with van der Waals surface area (Å²) in [5, 5.41) is 3.69. The van der Waals surface area contributed by atoms with Crippen molar-refractivity contribution in [1.29, 1.82) is 0 Å². The predicted octanol–water partition coefficient (Wildman–Crippen LogP) is 1.14. The molecular formula is C9H12N4S. The Morgan fingerprint density at radius 2 is 2.07 bits per heavy atom. The highest BCUT2D eigenvalue weighted by atomic mass is 32.2. The van der Waals surface area contributed by atoms with Crippen LogP contribution in [-0.4, -0.2) is 11.5 Å². The Bertz CT molecular complexity index is 321. The van der Waals surface area contributed by atoms with Gasteiger partial charge in [0, 0.05) is 5.75 Å². The third kappa shape index (κ3) is 3.95. The molecule has 74 valence electrons. The van der Waals surface area contributed by atoms with E-state index in [1.54, 1.807) is 0 Å². The minimum atomic E-state index is 0.461. The highest BCUT2D eigenvalue weighted by Gasteiger charge is 1.94. The molecule has 0 saturated heterocycles. The number of thioether (sulfide) groups is 1. The second-order valence-electron chi connectivity index (χ2n) is 2.51. The van der Waals surface area contributed by atoms with E-state index in [-0.39, 0.29) is 0 Å². The summed E-state index contributed by atoms with van der Waals surface area (Å²) in [6, 6.07) is 10.0. The zero-order valence-electron chi connectivity index (χ0n) is 7.63. The normalized spacial score (nSPS) is 12.1. The number of benzene rings is 1. The summed E-state index contributed by atoms with van der Waals surface area (Å²) in [5.74, 6) is 5.68. The van der Waals surface area contributed by atoms with E-state index >= 15 is 0 Å². The van der Waals surface area contributed by atoms with Gasteiger partial charge in [-0.1, -0.05) is 42.1 Å².